The van der Waals surface area contributed by atoms with Gasteiger partial charge in [0.25, 0.3) is 0 Å². The van der Waals surface area contributed by atoms with Crippen molar-refractivity contribution in [1.82, 2.24) is 0 Å². The van der Waals surface area contributed by atoms with Crippen molar-refractivity contribution >= 4 is 5.97 Å². The highest BCUT2D eigenvalue weighted by Crippen LogP contribution is 2.21. The number of aliphatic carboxylic acids is 1. The standard InChI is InChI=1S/C6H11NO3/c1-4-2-6(7,3-10-4)5(8)9/h4H,2-3,7H2,1H3,(H,8,9). The average Bonchev–Trinajstić information content (AvgIpc) is 2.13. The zero-order chi connectivity index (χ0) is 7.78. The first-order valence-electron chi connectivity index (χ1n) is 3.18. The summed E-state index contributed by atoms with van der Waals surface area (Å²) in [4.78, 5) is 10.5. The Morgan fingerprint density at radius 2 is 2.50 bits per heavy atom. The van der Waals surface area contributed by atoms with Crippen LogP contribution in [0.5, 0.6) is 0 Å². The Morgan fingerprint density at radius 1 is 1.90 bits per heavy atom. The van der Waals surface area contributed by atoms with E-state index in [0.29, 0.717) is 6.42 Å². The highest BCUT2D eigenvalue weighted by Gasteiger charge is 2.41. The summed E-state index contributed by atoms with van der Waals surface area (Å²) in [7, 11) is 0. The van der Waals surface area contributed by atoms with Crippen molar-refractivity contribution in [3.63, 3.8) is 0 Å². The summed E-state index contributed by atoms with van der Waals surface area (Å²) >= 11 is 0. The van der Waals surface area contributed by atoms with Gasteiger partial charge in [-0.05, 0) is 6.92 Å². The van der Waals surface area contributed by atoms with Crippen LogP contribution in [-0.2, 0) is 9.53 Å². The van der Waals surface area contributed by atoms with Crippen LogP contribution in [0.4, 0.5) is 0 Å². The Morgan fingerprint density at radius 3 is 2.70 bits per heavy atom. The second-order valence-corrected chi connectivity index (χ2v) is 2.79. The van der Waals surface area contributed by atoms with Crippen LogP contribution in [0.3, 0.4) is 0 Å². The van der Waals surface area contributed by atoms with Crippen molar-refractivity contribution in [3.8, 4) is 0 Å². The fourth-order valence-electron chi connectivity index (χ4n) is 1.07. The van der Waals surface area contributed by atoms with Crippen LogP contribution in [0.2, 0.25) is 0 Å². The van der Waals surface area contributed by atoms with E-state index in [2.05, 4.69) is 0 Å². The topological polar surface area (TPSA) is 72.6 Å². The Hall–Kier alpha value is -0.610. The fourth-order valence-corrected chi connectivity index (χ4v) is 1.07. The van der Waals surface area contributed by atoms with Crippen molar-refractivity contribution in [3.05, 3.63) is 0 Å². The fraction of sp³-hybridized carbons (Fsp3) is 0.833. The van der Waals surface area contributed by atoms with E-state index in [-0.39, 0.29) is 12.7 Å². The molecule has 0 bridgehead atoms. The number of hydrogen-bond donors (Lipinski definition) is 2. The molecule has 0 aromatic rings. The second kappa shape index (κ2) is 2.21. The smallest absolute Gasteiger partial charge is 0.326 e. The Kier molecular flexibility index (Phi) is 1.66. The lowest BCUT2D eigenvalue weighted by Gasteiger charge is -2.14. The first-order valence-corrected chi connectivity index (χ1v) is 3.18. The Labute approximate surface area is 59.0 Å². The molecule has 0 saturated carbocycles. The summed E-state index contributed by atoms with van der Waals surface area (Å²) in [6, 6.07) is 0. The molecule has 3 N–H and O–H groups in total. The first kappa shape index (κ1) is 7.50. The normalized spacial score (nSPS) is 40.0. The van der Waals surface area contributed by atoms with Gasteiger partial charge in [-0.25, -0.2) is 0 Å². The third-order valence-electron chi connectivity index (χ3n) is 1.70. The number of nitrogens with two attached hydrogens (primary N) is 1. The van der Waals surface area contributed by atoms with Gasteiger partial charge in [0.15, 0.2) is 0 Å². The molecule has 0 spiro atoms. The number of hydrogen-bond acceptors (Lipinski definition) is 3. The third-order valence-corrected chi connectivity index (χ3v) is 1.70. The van der Waals surface area contributed by atoms with Crippen molar-refractivity contribution in [2.45, 2.75) is 25.0 Å². The molecule has 1 aliphatic heterocycles. The van der Waals surface area contributed by atoms with E-state index in [1.807, 2.05) is 6.92 Å². The molecule has 4 heteroatoms. The molecule has 1 aliphatic rings. The molecule has 0 radical (unpaired) electrons. The van der Waals surface area contributed by atoms with Crippen LogP contribution in [0.1, 0.15) is 13.3 Å². The molecular weight excluding hydrogens is 134 g/mol. The van der Waals surface area contributed by atoms with Gasteiger partial charge < -0.3 is 15.6 Å². The maximum Gasteiger partial charge on any atom is 0.326 e. The van der Waals surface area contributed by atoms with E-state index in [1.54, 1.807) is 0 Å². The van der Waals surface area contributed by atoms with Crippen LogP contribution in [-0.4, -0.2) is 29.3 Å². The van der Waals surface area contributed by atoms with Crippen LogP contribution in [0.15, 0.2) is 0 Å². The van der Waals surface area contributed by atoms with Gasteiger partial charge in [-0.1, -0.05) is 0 Å². The number of carbonyl (C=O) groups is 1. The molecule has 10 heavy (non-hydrogen) atoms. The molecule has 0 amide bonds. The van der Waals surface area contributed by atoms with Crippen LogP contribution >= 0.6 is 0 Å². The largest absolute Gasteiger partial charge is 0.480 e. The summed E-state index contributed by atoms with van der Waals surface area (Å²) in [6.07, 6.45) is 0.378. The molecule has 4 nitrogen and oxygen atoms in total. The molecule has 0 aromatic carbocycles. The van der Waals surface area contributed by atoms with Crippen molar-refractivity contribution in [1.29, 1.82) is 0 Å². The highest BCUT2D eigenvalue weighted by molar-refractivity contribution is 5.79. The summed E-state index contributed by atoms with van der Waals surface area (Å²) in [5.41, 5.74) is 4.33. The highest BCUT2D eigenvalue weighted by atomic mass is 16.5. The van der Waals surface area contributed by atoms with Crippen LogP contribution in [0, 0.1) is 0 Å². The number of ether oxygens (including phenoxy) is 1. The second-order valence-electron chi connectivity index (χ2n) is 2.79. The minimum Gasteiger partial charge on any atom is -0.480 e. The van der Waals surface area contributed by atoms with Crippen molar-refractivity contribution < 1.29 is 14.6 Å². The molecule has 58 valence electrons. The minimum atomic E-state index is -1.14. The molecule has 0 aliphatic carbocycles. The van der Waals surface area contributed by atoms with Gasteiger partial charge in [-0.2, -0.15) is 0 Å². The average molecular weight is 145 g/mol. The molecule has 0 aromatic heterocycles. The third kappa shape index (κ3) is 1.12. The molecule has 1 rings (SSSR count). The summed E-state index contributed by atoms with van der Waals surface area (Å²) in [6.45, 7) is 1.95. The maximum absolute atomic E-state index is 10.5. The van der Waals surface area contributed by atoms with Gasteiger partial charge in [-0.3, -0.25) is 4.79 Å². The van der Waals surface area contributed by atoms with Gasteiger partial charge in [0.05, 0.1) is 12.7 Å². The SMILES string of the molecule is CC1CC(N)(C(=O)O)CO1. The molecule has 2 atom stereocenters. The van der Waals surface area contributed by atoms with E-state index >= 15 is 0 Å². The van der Waals surface area contributed by atoms with E-state index in [1.165, 1.54) is 0 Å². The predicted molar refractivity (Wildman–Crippen MR) is 34.6 cm³/mol. The molecule has 1 fully saturated rings. The van der Waals surface area contributed by atoms with E-state index in [4.69, 9.17) is 15.6 Å². The molecular formula is C6H11NO3. The Bertz CT molecular complexity index is 159. The molecule has 1 saturated heterocycles. The van der Waals surface area contributed by atoms with Gasteiger partial charge in [0.2, 0.25) is 0 Å². The zero-order valence-corrected chi connectivity index (χ0v) is 5.83. The van der Waals surface area contributed by atoms with Gasteiger partial charge >= 0.3 is 5.97 Å². The van der Waals surface area contributed by atoms with Crippen molar-refractivity contribution in [2.24, 2.45) is 5.73 Å². The summed E-state index contributed by atoms with van der Waals surface area (Å²) in [5.74, 6) is -0.975. The predicted octanol–water partition coefficient (Wildman–Crippen LogP) is -0.423. The lowest BCUT2D eigenvalue weighted by Crippen LogP contribution is -2.48. The van der Waals surface area contributed by atoms with Gasteiger partial charge in [-0.15, -0.1) is 0 Å². The number of rotatable bonds is 1. The van der Waals surface area contributed by atoms with E-state index in [9.17, 15) is 4.79 Å². The van der Waals surface area contributed by atoms with Crippen LogP contribution < -0.4 is 5.73 Å². The lowest BCUT2D eigenvalue weighted by molar-refractivity contribution is -0.143. The monoisotopic (exact) mass is 145 g/mol. The van der Waals surface area contributed by atoms with E-state index < -0.39 is 11.5 Å². The van der Waals surface area contributed by atoms with Gasteiger partial charge in [0, 0.05) is 6.42 Å². The van der Waals surface area contributed by atoms with Crippen LogP contribution in [0.25, 0.3) is 0 Å². The lowest BCUT2D eigenvalue weighted by atomic mass is 9.98. The first-order chi connectivity index (χ1) is 4.54. The maximum atomic E-state index is 10.5. The summed E-state index contributed by atoms with van der Waals surface area (Å²) in [5, 5.41) is 8.59. The minimum absolute atomic E-state index is 0.0268. The number of carboxylic acid groups (broad SMARTS) is 1. The Balaban J connectivity index is 2.63. The quantitative estimate of drug-likeness (QED) is 0.525. The van der Waals surface area contributed by atoms with E-state index in [0.717, 1.165) is 0 Å². The van der Waals surface area contributed by atoms with Gasteiger partial charge in [0.1, 0.15) is 5.54 Å². The van der Waals surface area contributed by atoms with Crippen molar-refractivity contribution in [2.75, 3.05) is 6.61 Å². The zero-order valence-electron chi connectivity index (χ0n) is 5.83. The summed E-state index contributed by atoms with van der Waals surface area (Å²) < 4.78 is 5.02. The molecule has 2 unspecified atom stereocenters. The molecule has 1 heterocycles. The number of carboxylic acids is 1.